The van der Waals surface area contributed by atoms with Crippen LogP contribution < -0.4 is 10.6 Å². The van der Waals surface area contributed by atoms with Gasteiger partial charge in [-0.25, -0.2) is 9.59 Å². The third kappa shape index (κ3) is 3.21. The predicted molar refractivity (Wildman–Crippen MR) is 70.6 cm³/mol. The van der Waals surface area contributed by atoms with E-state index in [1.54, 1.807) is 23.5 Å². The molecule has 2 rings (SSSR count). The van der Waals surface area contributed by atoms with Gasteiger partial charge in [0.15, 0.2) is 0 Å². The fraction of sp³-hybridized carbons (Fsp3) is 0.286. The molecule has 0 saturated heterocycles. The van der Waals surface area contributed by atoms with Crippen LogP contribution in [0, 0.1) is 0 Å². The Hall–Kier alpha value is -2.51. The summed E-state index contributed by atoms with van der Waals surface area (Å²) in [4.78, 5) is 23.5. The van der Waals surface area contributed by atoms with Crippen molar-refractivity contribution in [2.75, 3.05) is 6.61 Å². The van der Waals surface area contributed by atoms with Crippen LogP contribution in [0.15, 0.2) is 41.6 Å². The van der Waals surface area contributed by atoms with Gasteiger partial charge < -0.3 is 15.4 Å². The zero-order chi connectivity index (χ0) is 16.3. The van der Waals surface area contributed by atoms with Crippen molar-refractivity contribution in [1.29, 1.82) is 0 Å². The van der Waals surface area contributed by atoms with Gasteiger partial charge in [0, 0.05) is 0 Å². The lowest BCUT2D eigenvalue weighted by Crippen LogP contribution is -2.49. The largest absolute Gasteiger partial charge is 0.463 e. The molecule has 2 N–H and O–H groups in total. The minimum Gasteiger partial charge on any atom is -0.463 e. The zero-order valence-corrected chi connectivity index (χ0v) is 11.5. The number of hydrogen-bond donors (Lipinski definition) is 2. The van der Waals surface area contributed by atoms with E-state index in [-0.39, 0.29) is 6.61 Å². The molecule has 2 amide bonds. The number of esters is 1. The van der Waals surface area contributed by atoms with Gasteiger partial charge in [0.2, 0.25) is 0 Å². The van der Waals surface area contributed by atoms with Crippen molar-refractivity contribution in [2.45, 2.75) is 19.1 Å². The van der Waals surface area contributed by atoms with Gasteiger partial charge >= 0.3 is 18.2 Å². The number of carbonyl (C=O) groups is 2. The summed E-state index contributed by atoms with van der Waals surface area (Å²) >= 11 is 0. The van der Waals surface area contributed by atoms with E-state index in [1.807, 2.05) is 0 Å². The van der Waals surface area contributed by atoms with Gasteiger partial charge in [-0.15, -0.1) is 0 Å². The van der Waals surface area contributed by atoms with Gasteiger partial charge in [-0.1, -0.05) is 30.3 Å². The van der Waals surface area contributed by atoms with Crippen LogP contribution in [0.4, 0.5) is 18.0 Å². The smallest absolute Gasteiger partial charge is 0.432 e. The van der Waals surface area contributed by atoms with Gasteiger partial charge in [0.1, 0.15) is 5.70 Å². The van der Waals surface area contributed by atoms with Gasteiger partial charge in [0.05, 0.1) is 18.2 Å². The fourth-order valence-electron chi connectivity index (χ4n) is 2.11. The predicted octanol–water partition coefficient (Wildman–Crippen LogP) is 2.42. The van der Waals surface area contributed by atoms with Gasteiger partial charge in [-0.05, 0) is 12.5 Å². The van der Waals surface area contributed by atoms with E-state index in [0.717, 1.165) is 0 Å². The third-order valence-electron chi connectivity index (χ3n) is 2.98. The second kappa shape index (κ2) is 6.08. The van der Waals surface area contributed by atoms with Gasteiger partial charge in [0.25, 0.3) is 0 Å². The number of benzene rings is 1. The molecular weight excluding hydrogens is 301 g/mol. The summed E-state index contributed by atoms with van der Waals surface area (Å²) in [5.41, 5.74) is -1.72. The normalized spacial score (nSPS) is 18.5. The molecule has 118 valence electrons. The summed E-state index contributed by atoms with van der Waals surface area (Å²) in [5, 5.41) is 3.96. The maximum absolute atomic E-state index is 13.1. The standard InChI is InChI=1S/C14H13F3N2O3/c1-2-22-12(20)9-10(8-6-4-3-5-7-8)18-13(21)19-11(9)14(15,16)17/h3-7,10H,2H2,1H3,(H2,18,19,21). The number of halogens is 3. The molecule has 1 heterocycles. The van der Waals surface area contributed by atoms with E-state index in [1.165, 1.54) is 19.1 Å². The molecule has 1 unspecified atom stereocenters. The molecule has 0 radical (unpaired) electrons. The van der Waals surface area contributed by atoms with E-state index in [4.69, 9.17) is 4.74 Å². The van der Waals surface area contributed by atoms with Crippen LogP contribution in [0.5, 0.6) is 0 Å². The summed E-state index contributed by atoms with van der Waals surface area (Å²) in [7, 11) is 0. The summed E-state index contributed by atoms with van der Waals surface area (Å²) in [6.45, 7) is 1.40. The van der Waals surface area contributed by atoms with Crippen molar-refractivity contribution in [3.63, 3.8) is 0 Å². The molecule has 8 heteroatoms. The van der Waals surface area contributed by atoms with Gasteiger partial charge in [-0.3, -0.25) is 0 Å². The van der Waals surface area contributed by atoms with Crippen LogP contribution in [0.3, 0.4) is 0 Å². The highest BCUT2D eigenvalue weighted by Gasteiger charge is 2.45. The number of carbonyl (C=O) groups excluding carboxylic acids is 2. The number of hydrogen-bond acceptors (Lipinski definition) is 3. The molecule has 1 aromatic rings. The first kappa shape index (κ1) is 15.9. The van der Waals surface area contributed by atoms with Crippen LogP contribution in [-0.4, -0.2) is 24.8 Å². The average molecular weight is 314 g/mol. The topological polar surface area (TPSA) is 67.4 Å². The monoisotopic (exact) mass is 314 g/mol. The highest BCUT2D eigenvalue weighted by molar-refractivity contribution is 5.95. The molecule has 0 bridgehead atoms. The van der Waals surface area contributed by atoms with E-state index in [2.05, 4.69) is 5.32 Å². The van der Waals surface area contributed by atoms with E-state index >= 15 is 0 Å². The molecule has 0 spiro atoms. The molecule has 0 aliphatic carbocycles. The van der Waals surface area contributed by atoms with E-state index in [9.17, 15) is 22.8 Å². The van der Waals surface area contributed by atoms with E-state index in [0.29, 0.717) is 5.56 Å². The quantitative estimate of drug-likeness (QED) is 0.842. The summed E-state index contributed by atoms with van der Waals surface area (Å²) in [5.74, 6) is -1.13. The van der Waals surface area contributed by atoms with Crippen LogP contribution in [0.2, 0.25) is 0 Å². The van der Waals surface area contributed by atoms with Crippen molar-refractivity contribution >= 4 is 12.0 Å². The zero-order valence-electron chi connectivity index (χ0n) is 11.5. The average Bonchev–Trinajstić information content (AvgIpc) is 2.46. The van der Waals surface area contributed by atoms with Crippen LogP contribution >= 0.6 is 0 Å². The molecule has 5 nitrogen and oxygen atoms in total. The lowest BCUT2D eigenvalue weighted by atomic mass is 9.95. The SMILES string of the molecule is CCOC(=O)C1=C(C(F)(F)F)NC(=O)NC1c1ccccc1. The first-order valence-electron chi connectivity index (χ1n) is 6.45. The number of ether oxygens (including phenoxy) is 1. The number of urea groups is 1. The lowest BCUT2D eigenvalue weighted by molar-refractivity contribution is -0.140. The van der Waals surface area contributed by atoms with Crippen molar-refractivity contribution in [2.24, 2.45) is 0 Å². The highest BCUT2D eigenvalue weighted by atomic mass is 19.4. The Labute approximate surface area is 124 Å². The Kier molecular flexibility index (Phi) is 4.39. The summed E-state index contributed by atoms with van der Waals surface area (Å²) < 4.78 is 44.1. The molecule has 1 aromatic carbocycles. The molecule has 1 aliphatic heterocycles. The maximum Gasteiger partial charge on any atom is 0.432 e. The summed E-state index contributed by atoms with van der Waals surface area (Å²) in [6.07, 6.45) is -4.88. The molecule has 22 heavy (non-hydrogen) atoms. The Morgan fingerprint density at radius 2 is 1.91 bits per heavy atom. The third-order valence-corrected chi connectivity index (χ3v) is 2.98. The highest BCUT2D eigenvalue weighted by Crippen LogP contribution is 2.35. The van der Waals surface area contributed by atoms with Gasteiger partial charge in [-0.2, -0.15) is 13.2 Å². The number of alkyl halides is 3. The molecular formula is C14H13F3N2O3. The van der Waals surface area contributed by atoms with Crippen LogP contribution in [0.1, 0.15) is 18.5 Å². The summed E-state index contributed by atoms with van der Waals surface area (Å²) in [6, 6.07) is 5.64. The second-order valence-corrected chi connectivity index (χ2v) is 4.45. The number of allylic oxidation sites excluding steroid dienone is 1. The molecule has 1 atom stereocenters. The Morgan fingerprint density at radius 3 is 2.45 bits per heavy atom. The molecule has 0 aromatic heterocycles. The number of amides is 2. The fourth-order valence-corrected chi connectivity index (χ4v) is 2.11. The first-order chi connectivity index (χ1) is 10.3. The van der Waals surface area contributed by atoms with Crippen LogP contribution in [-0.2, 0) is 9.53 Å². The Morgan fingerprint density at radius 1 is 1.27 bits per heavy atom. The minimum atomic E-state index is -4.88. The Bertz CT molecular complexity index is 612. The Balaban J connectivity index is 2.59. The van der Waals surface area contributed by atoms with Crippen molar-refractivity contribution in [3.05, 3.63) is 47.2 Å². The van der Waals surface area contributed by atoms with Crippen molar-refractivity contribution in [1.82, 2.24) is 10.6 Å². The van der Waals surface area contributed by atoms with Crippen molar-refractivity contribution in [3.8, 4) is 0 Å². The first-order valence-corrected chi connectivity index (χ1v) is 6.45. The maximum atomic E-state index is 13.1. The van der Waals surface area contributed by atoms with Crippen LogP contribution in [0.25, 0.3) is 0 Å². The molecule has 1 aliphatic rings. The van der Waals surface area contributed by atoms with Crippen molar-refractivity contribution < 1.29 is 27.5 Å². The lowest BCUT2D eigenvalue weighted by Gasteiger charge is -2.30. The number of nitrogens with one attached hydrogen (secondary N) is 2. The molecule has 0 saturated carbocycles. The van der Waals surface area contributed by atoms with E-state index < -0.39 is 35.5 Å². The second-order valence-electron chi connectivity index (χ2n) is 4.45. The molecule has 0 fully saturated rings. The minimum absolute atomic E-state index is 0.0804. The number of rotatable bonds is 3.